The summed E-state index contributed by atoms with van der Waals surface area (Å²) in [5, 5.41) is 9.41. The zero-order chi connectivity index (χ0) is 12.3. The average Bonchev–Trinajstić information content (AvgIpc) is 2.15. The van der Waals surface area contributed by atoms with Gasteiger partial charge in [-0.05, 0) is 45.4 Å². The summed E-state index contributed by atoms with van der Waals surface area (Å²) in [4.78, 5) is 11.7. The fraction of sp³-hybridized carbons (Fsp3) is 0.462. The molecule has 3 heteroatoms. The molecule has 16 heavy (non-hydrogen) atoms. The Labute approximate surface area is 96.1 Å². The van der Waals surface area contributed by atoms with Crippen LogP contribution in [0.25, 0.3) is 0 Å². The number of benzene rings is 1. The summed E-state index contributed by atoms with van der Waals surface area (Å²) in [6.45, 7) is 7.13. The normalized spacial score (nSPS) is 13.3. The Bertz CT molecular complexity index is 375. The molecular weight excluding hydrogens is 204 g/mol. The summed E-state index contributed by atoms with van der Waals surface area (Å²) < 4.78 is 5.24. The minimum Gasteiger partial charge on any atom is -0.456 e. The Kier molecular flexibility index (Phi) is 3.70. The topological polar surface area (TPSA) is 46.5 Å². The van der Waals surface area contributed by atoms with E-state index in [1.54, 1.807) is 31.2 Å². The summed E-state index contributed by atoms with van der Waals surface area (Å²) in [7, 11) is 0. The van der Waals surface area contributed by atoms with Crippen molar-refractivity contribution in [3.8, 4) is 0 Å². The number of hydrogen-bond acceptors (Lipinski definition) is 3. The van der Waals surface area contributed by atoms with Gasteiger partial charge in [0.15, 0.2) is 0 Å². The van der Waals surface area contributed by atoms with Crippen molar-refractivity contribution in [2.75, 3.05) is 0 Å². The maximum atomic E-state index is 11.7. The second kappa shape index (κ2) is 4.66. The molecule has 0 saturated carbocycles. The molecule has 0 amide bonds. The van der Waals surface area contributed by atoms with Crippen LogP contribution < -0.4 is 0 Å². The second-order valence-corrected chi connectivity index (χ2v) is 4.80. The lowest BCUT2D eigenvalue weighted by Crippen LogP contribution is -2.23. The number of aliphatic hydroxyl groups is 1. The second-order valence-electron chi connectivity index (χ2n) is 4.80. The van der Waals surface area contributed by atoms with E-state index in [9.17, 15) is 9.90 Å². The molecular formula is C13H18O3. The molecule has 0 aliphatic carbocycles. The lowest BCUT2D eigenvalue weighted by Gasteiger charge is -2.19. The van der Waals surface area contributed by atoms with Crippen LogP contribution in [0.4, 0.5) is 0 Å². The Morgan fingerprint density at radius 1 is 1.38 bits per heavy atom. The van der Waals surface area contributed by atoms with E-state index in [1.807, 2.05) is 20.8 Å². The molecule has 0 saturated heterocycles. The highest BCUT2D eigenvalue weighted by atomic mass is 16.6. The Morgan fingerprint density at radius 3 is 2.50 bits per heavy atom. The Hall–Kier alpha value is -1.35. The van der Waals surface area contributed by atoms with Crippen molar-refractivity contribution < 1.29 is 14.6 Å². The van der Waals surface area contributed by atoms with E-state index >= 15 is 0 Å². The summed E-state index contributed by atoms with van der Waals surface area (Å²) in [5.74, 6) is -0.366. The van der Waals surface area contributed by atoms with Gasteiger partial charge < -0.3 is 9.84 Å². The highest BCUT2D eigenvalue weighted by Crippen LogP contribution is 2.16. The minimum absolute atomic E-state index is 0.366. The molecule has 1 N–H and O–H groups in total. The van der Waals surface area contributed by atoms with Crippen LogP contribution in [-0.4, -0.2) is 16.7 Å². The molecule has 0 aliphatic rings. The molecule has 0 fully saturated rings. The smallest absolute Gasteiger partial charge is 0.338 e. The van der Waals surface area contributed by atoms with E-state index in [0.29, 0.717) is 11.1 Å². The van der Waals surface area contributed by atoms with Crippen molar-refractivity contribution in [1.29, 1.82) is 0 Å². The minimum atomic E-state index is -0.581. The third kappa shape index (κ3) is 3.66. The maximum absolute atomic E-state index is 11.7. The van der Waals surface area contributed by atoms with Gasteiger partial charge in [-0.3, -0.25) is 0 Å². The third-order valence-electron chi connectivity index (χ3n) is 2.00. The molecule has 88 valence electrons. The summed E-state index contributed by atoms with van der Waals surface area (Å²) in [6, 6.07) is 6.85. The molecule has 1 aromatic rings. The van der Waals surface area contributed by atoms with Gasteiger partial charge in [0.25, 0.3) is 0 Å². The highest BCUT2D eigenvalue weighted by Gasteiger charge is 2.18. The number of carbonyl (C=O) groups excluding carboxylic acids is 1. The Morgan fingerprint density at radius 2 is 2.00 bits per heavy atom. The van der Waals surface area contributed by atoms with Crippen molar-refractivity contribution >= 4 is 5.97 Å². The van der Waals surface area contributed by atoms with Crippen molar-refractivity contribution in [3.63, 3.8) is 0 Å². The van der Waals surface area contributed by atoms with Crippen LogP contribution in [0, 0.1) is 0 Å². The van der Waals surface area contributed by atoms with E-state index < -0.39 is 11.7 Å². The third-order valence-corrected chi connectivity index (χ3v) is 2.00. The summed E-state index contributed by atoms with van der Waals surface area (Å²) >= 11 is 0. The molecule has 0 aliphatic heterocycles. The molecule has 0 aromatic heterocycles. The van der Waals surface area contributed by atoms with Crippen LogP contribution in [0.5, 0.6) is 0 Å². The fourth-order valence-electron chi connectivity index (χ4n) is 1.26. The largest absolute Gasteiger partial charge is 0.456 e. The van der Waals surface area contributed by atoms with Crippen LogP contribution in [0.2, 0.25) is 0 Å². The Balaban J connectivity index is 2.88. The van der Waals surface area contributed by atoms with Crippen molar-refractivity contribution in [3.05, 3.63) is 35.4 Å². The van der Waals surface area contributed by atoms with E-state index in [1.165, 1.54) is 0 Å². The van der Waals surface area contributed by atoms with Gasteiger partial charge in [-0.2, -0.15) is 0 Å². The van der Waals surface area contributed by atoms with Crippen molar-refractivity contribution in [2.24, 2.45) is 0 Å². The molecule has 0 heterocycles. The van der Waals surface area contributed by atoms with Crippen LogP contribution in [-0.2, 0) is 4.74 Å². The number of aliphatic hydroxyl groups excluding tert-OH is 1. The number of rotatable bonds is 2. The molecule has 0 radical (unpaired) electrons. The first kappa shape index (κ1) is 12.7. The first-order valence-corrected chi connectivity index (χ1v) is 5.31. The van der Waals surface area contributed by atoms with Gasteiger partial charge in [0, 0.05) is 0 Å². The monoisotopic (exact) mass is 222 g/mol. The van der Waals surface area contributed by atoms with Gasteiger partial charge in [0.2, 0.25) is 0 Å². The van der Waals surface area contributed by atoms with Gasteiger partial charge in [-0.15, -0.1) is 0 Å². The van der Waals surface area contributed by atoms with E-state index in [-0.39, 0.29) is 5.97 Å². The lowest BCUT2D eigenvalue weighted by molar-refractivity contribution is 0.00693. The van der Waals surface area contributed by atoms with Gasteiger partial charge >= 0.3 is 5.97 Å². The van der Waals surface area contributed by atoms with E-state index in [2.05, 4.69) is 0 Å². The van der Waals surface area contributed by atoms with Crippen LogP contribution in [0.3, 0.4) is 0 Å². The molecule has 3 nitrogen and oxygen atoms in total. The molecule has 1 rings (SSSR count). The molecule has 0 unspecified atom stereocenters. The van der Waals surface area contributed by atoms with E-state index in [4.69, 9.17) is 4.74 Å². The maximum Gasteiger partial charge on any atom is 0.338 e. The lowest BCUT2D eigenvalue weighted by atomic mass is 10.1. The quantitative estimate of drug-likeness (QED) is 0.782. The standard InChI is InChI=1S/C13H18O3/c1-9(14)10-6-5-7-11(8-10)12(15)16-13(2,3)4/h5-9,14H,1-4H3/t9-/m1/s1. The molecule has 1 atom stereocenters. The van der Waals surface area contributed by atoms with Crippen LogP contribution >= 0.6 is 0 Å². The zero-order valence-corrected chi connectivity index (χ0v) is 10.2. The predicted molar refractivity (Wildman–Crippen MR) is 62.2 cm³/mol. The first-order valence-electron chi connectivity index (χ1n) is 5.31. The van der Waals surface area contributed by atoms with Crippen LogP contribution in [0.1, 0.15) is 49.7 Å². The summed E-state index contributed by atoms with van der Waals surface area (Å²) in [5.41, 5.74) is 0.675. The molecule has 1 aromatic carbocycles. The predicted octanol–water partition coefficient (Wildman–Crippen LogP) is 2.70. The van der Waals surface area contributed by atoms with Crippen LogP contribution in [0.15, 0.2) is 24.3 Å². The van der Waals surface area contributed by atoms with Gasteiger partial charge in [-0.25, -0.2) is 4.79 Å². The number of carbonyl (C=O) groups is 1. The van der Waals surface area contributed by atoms with Gasteiger partial charge in [-0.1, -0.05) is 12.1 Å². The number of ether oxygens (including phenoxy) is 1. The molecule has 0 spiro atoms. The SMILES string of the molecule is C[C@@H](O)c1cccc(C(=O)OC(C)(C)C)c1. The number of esters is 1. The highest BCUT2D eigenvalue weighted by molar-refractivity contribution is 5.89. The van der Waals surface area contributed by atoms with Crippen molar-refractivity contribution in [2.45, 2.75) is 39.4 Å². The zero-order valence-electron chi connectivity index (χ0n) is 10.2. The van der Waals surface area contributed by atoms with Crippen molar-refractivity contribution in [1.82, 2.24) is 0 Å². The van der Waals surface area contributed by atoms with E-state index in [0.717, 1.165) is 0 Å². The fourth-order valence-corrected chi connectivity index (χ4v) is 1.26. The van der Waals surface area contributed by atoms with Gasteiger partial charge in [0.1, 0.15) is 5.60 Å². The van der Waals surface area contributed by atoms with Gasteiger partial charge in [0.05, 0.1) is 11.7 Å². The first-order chi connectivity index (χ1) is 7.29. The average molecular weight is 222 g/mol. The number of hydrogen-bond donors (Lipinski definition) is 1. The molecule has 0 bridgehead atoms. The summed E-state index contributed by atoms with van der Waals surface area (Å²) in [6.07, 6.45) is -0.581.